The van der Waals surface area contributed by atoms with E-state index < -0.39 is 17.1 Å². The molecule has 1 aromatic heterocycles. The van der Waals surface area contributed by atoms with Crippen molar-refractivity contribution in [3.8, 4) is 11.6 Å². The summed E-state index contributed by atoms with van der Waals surface area (Å²) in [6.45, 7) is 0.977. The molecule has 1 heterocycles. The van der Waals surface area contributed by atoms with Gasteiger partial charge < -0.3 is 19.9 Å². The van der Waals surface area contributed by atoms with Crippen LogP contribution >= 0.6 is 11.8 Å². The van der Waals surface area contributed by atoms with Gasteiger partial charge in [0.25, 0.3) is 5.56 Å². The van der Waals surface area contributed by atoms with Crippen molar-refractivity contribution in [1.82, 2.24) is 14.5 Å². The molecule has 0 fully saturated rings. The molecule has 2 rings (SSSR count). The van der Waals surface area contributed by atoms with E-state index >= 15 is 0 Å². The minimum Gasteiger partial charge on any atom is -0.497 e. The van der Waals surface area contributed by atoms with Crippen molar-refractivity contribution in [2.75, 3.05) is 33.1 Å². The van der Waals surface area contributed by atoms with Crippen LogP contribution in [-0.4, -0.2) is 58.3 Å². The molecular formula is C20H26N4O6S. The lowest BCUT2D eigenvalue weighted by Crippen LogP contribution is -2.39. The molecule has 11 heteroatoms. The number of methoxy groups -OCH3 is 2. The maximum absolute atomic E-state index is 12.7. The Bertz CT molecular complexity index is 1060. The lowest BCUT2D eigenvalue weighted by Gasteiger charge is -2.12. The van der Waals surface area contributed by atoms with Crippen LogP contribution in [0.15, 0.2) is 38.8 Å². The van der Waals surface area contributed by atoms with Crippen molar-refractivity contribution in [2.24, 2.45) is 19.1 Å². The minimum atomic E-state index is -0.708. The number of nitrogens with one attached hydrogen (secondary N) is 1. The van der Waals surface area contributed by atoms with E-state index in [-0.39, 0.29) is 22.3 Å². The molecule has 0 aliphatic rings. The number of benzene rings is 1. The first-order valence-electron chi connectivity index (χ1n) is 9.40. The average Bonchev–Trinajstić information content (AvgIpc) is 2.78. The first-order valence-corrected chi connectivity index (χ1v) is 10.4. The van der Waals surface area contributed by atoms with Crippen LogP contribution in [0.5, 0.6) is 11.6 Å². The van der Waals surface area contributed by atoms with E-state index in [2.05, 4.69) is 10.3 Å². The van der Waals surface area contributed by atoms with Gasteiger partial charge in [0, 0.05) is 34.4 Å². The predicted octanol–water partition coefficient (Wildman–Crippen LogP) is 0.762. The van der Waals surface area contributed by atoms with Gasteiger partial charge in [-0.25, -0.2) is 9.79 Å². The molecular weight excluding hydrogens is 424 g/mol. The third-order valence-corrected chi connectivity index (χ3v) is 5.31. The van der Waals surface area contributed by atoms with E-state index in [0.717, 1.165) is 20.9 Å². The smallest absolute Gasteiger partial charge is 0.333 e. The highest BCUT2D eigenvalue weighted by Gasteiger charge is 2.21. The van der Waals surface area contributed by atoms with Gasteiger partial charge in [0.05, 0.1) is 18.6 Å². The summed E-state index contributed by atoms with van der Waals surface area (Å²) in [7, 11) is 5.78. The highest BCUT2D eigenvalue weighted by molar-refractivity contribution is 8.15. The second-order valence-electron chi connectivity index (χ2n) is 6.50. The van der Waals surface area contributed by atoms with E-state index in [0.29, 0.717) is 31.0 Å². The van der Waals surface area contributed by atoms with Gasteiger partial charge in [-0.1, -0.05) is 11.8 Å². The Balaban J connectivity index is 2.40. The van der Waals surface area contributed by atoms with E-state index in [1.165, 1.54) is 21.2 Å². The van der Waals surface area contributed by atoms with Gasteiger partial charge in [0.1, 0.15) is 16.4 Å². The lowest BCUT2D eigenvalue weighted by atomic mass is 10.3. The van der Waals surface area contributed by atoms with Crippen molar-refractivity contribution in [3.05, 3.63) is 50.7 Å². The molecule has 0 aliphatic heterocycles. The number of carbonyl (C=O) groups excluding carboxylic acids is 1. The molecule has 0 aliphatic carbocycles. The zero-order chi connectivity index (χ0) is 23.0. The molecule has 0 atom stereocenters. The number of amides is 1. The van der Waals surface area contributed by atoms with E-state index in [4.69, 9.17) is 9.47 Å². The molecule has 1 aromatic carbocycles. The second-order valence-corrected chi connectivity index (χ2v) is 7.47. The normalized spacial score (nSPS) is 11.4. The van der Waals surface area contributed by atoms with Crippen LogP contribution in [0.2, 0.25) is 0 Å². The molecule has 31 heavy (non-hydrogen) atoms. The highest BCUT2D eigenvalue weighted by Crippen LogP contribution is 2.24. The maximum atomic E-state index is 12.7. The number of rotatable bonds is 9. The molecule has 1 amide bonds. The zero-order valence-corrected chi connectivity index (χ0v) is 18.7. The zero-order valence-electron chi connectivity index (χ0n) is 17.9. The average molecular weight is 451 g/mol. The van der Waals surface area contributed by atoms with E-state index in [1.807, 2.05) is 0 Å². The van der Waals surface area contributed by atoms with Gasteiger partial charge in [-0.05, 0) is 30.7 Å². The summed E-state index contributed by atoms with van der Waals surface area (Å²) < 4.78 is 11.9. The van der Waals surface area contributed by atoms with Gasteiger partial charge in [0.15, 0.2) is 0 Å². The van der Waals surface area contributed by atoms with Gasteiger partial charge in [-0.15, -0.1) is 0 Å². The number of thioether (sulfide) groups is 1. The number of aliphatic imine (C=N–C) groups is 1. The van der Waals surface area contributed by atoms with Crippen LogP contribution in [0.1, 0.15) is 12.0 Å². The van der Waals surface area contributed by atoms with Crippen LogP contribution < -0.4 is 21.3 Å². The number of ether oxygens (including phenoxy) is 2. The minimum absolute atomic E-state index is 0.0343. The van der Waals surface area contributed by atoms with E-state index in [1.54, 1.807) is 31.4 Å². The summed E-state index contributed by atoms with van der Waals surface area (Å²) in [5, 5.41) is 13.4. The summed E-state index contributed by atoms with van der Waals surface area (Å²) in [4.78, 5) is 41.5. The fourth-order valence-electron chi connectivity index (χ4n) is 2.58. The van der Waals surface area contributed by atoms with Crippen molar-refractivity contribution >= 4 is 28.4 Å². The van der Waals surface area contributed by atoms with Gasteiger partial charge in [-0.3, -0.25) is 18.7 Å². The van der Waals surface area contributed by atoms with E-state index in [9.17, 15) is 19.5 Å². The standard InChI is InChI=1S/C20H26N4O6S/c1-23-18(26)16(19(27)24(2)20(23)28)17(22-13-6-8-14(30-4)9-7-13)31-12-15(25)21-10-5-11-29-3/h6-9,26H,5,10-12H2,1-4H3,(H,21,25). The number of carbonyl (C=O) groups is 1. The van der Waals surface area contributed by atoms with Crippen LogP contribution in [0, 0.1) is 0 Å². The van der Waals surface area contributed by atoms with Crippen LogP contribution in [0.3, 0.4) is 0 Å². The molecule has 0 spiro atoms. The number of aromatic hydroxyl groups is 1. The molecule has 0 saturated heterocycles. The Morgan fingerprint density at radius 2 is 1.84 bits per heavy atom. The molecule has 168 valence electrons. The summed E-state index contributed by atoms with van der Waals surface area (Å²) in [5.74, 6) is -0.185. The molecule has 0 bridgehead atoms. The summed E-state index contributed by atoms with van der Waals surface area (Å²) in [6.07, 6.45) is 0.668. The summed E-state index contributed by atoms with van der Waals surface area (Å²) in [6, 6.07) is 6.74. The molecule has 0 saturated carbocycles. The number of nitrogens with zero attached hydrogens (tertiary/aromatic N) is 3. The Kier molecular flexibility index (Phi) is 8.88. The number of hydrogen-bond donors (Lipinski definition) is 2. The predicted molar refractivity (Wildman–Crippen MR) is 120 cm³/mol. The molecule has 0 radical (unpaired) electrons. The summed E-state index contributed by atoms with van der Waals surface area (Å²) >= 11 is 0.990. The Hall–Kier alpha value is -3.05. The maximum Gasteiger partial charge on any atom is 0.333 e. The highest BCUT2D eigenvalue weighted by atomic mass is 32.2. The topological polar surface area (TPSA) is 124 Å². The first-order chi connectivity index (χ1) is 14.8. The monoisotopic (exact) mass is 450 g/mol. The fraction of sp³-hybridized carbons (Fsp3) is 0.400. The summed E-state index contributed by atoms with van der Waals surface area (Å²) in [5.41, 5.74) is -1.05. The lowest BCUT2D eigenvalue weighted by molar-refractivity contribution is -0.118. The number of aromatic nitrogens is 2. The van der Waals surface area contributed by atoms with Crippen LogP contribution in [0.25, 0.3) is 0 Å². The Morgan fingerprint density at radius 3 is 2.45 bits per heavy atom. The molecule has 2 aromatic rings. The van der Waals surface area contributed by atoms with Crippen molar-refractivity contribution in [3.63, 3.8) is 0 Å². The SMILES string of the molecule is COCCCNC(=O)CSC(=Nc1ccc(OC)cc1)c1c(O)n(C)c(=O)n(C)c1=O. The molecule has 2 N–H and O–H groups in total. The fourth-order valence-corrected chi connectivity index (χ4v) is 3.45. The second kappa shape index (κ2) is 11.4. The van der Waals surface area contributed by atoms with Crippen molar-refractivity contribution in [2.45, 2.75) is 6.42 Å². The Morgan fingerprint density at radius 1 is 1.16 bits per heavy atom. The third kappa shape index (κ3) is 6.22. The first kappa shape index (κ1) is 24.2. The van der Waals surface area contributed by atoms with Crippen molar-refractivity contribution in [1.29, 1.82) is 0 Å². The van der Waals surface area contributed by atoms with Gasteiger partial charge >= 0.3 is 5.69 Å². The molecule has 0 unspecified atom stereocenters. The largest absolute Gasteiger partial charge is 0.497 e. The van der Waals surface area contributed by atoms with Gasteiger partial charge in [-0.2, -0.15) is 0 Å². The number of hydrogen-bond acceptors (Lipinski definition) is 8. The Labute approximate surface area is 183 Å². The van der Waals surface area contributed by atoms with Crippen molar-refractivity contribution < 1.29 is 19.4 Å². The van der Waals surface area contributed by atoms with Crippen LogP contribution in [-0.2, 0) is 23.6 Å². The van der Waals surface area contributed by atoms with Gasteiger partial charge in [0.2, 0.25) is 11.8 Å². The quantitative estimate of drug-likeness (QED) is 0.328. The van der Waals surface area contributed by atoms with Crippen LogP contribution in [0.4, 0.5) is 5.69 Å². The third-order valence-electron chi connectivity index (χ3n) is 4.34. The molecule has 10 nitrogen and oxygen atoms in total.